The van der Waals surface area contributed by atoms with Gasteiger partial charge in [0.05, 0.1) is 0 Å². The summed E-state index contributed by atoms with van der Waals surface area (Å²) < 4.78 is 0. The Morgan fingerprint density at radius 1 is 0.853 bits per heavy atom. The summed E-state index contributed by atoms with van der Waals surface area (Å²) in [6, 6.07) is 1.89. The van der Waals surface area contributed by atoms with E-state index >= 15 is 0 Å². The van der Waals surface area contributed by atoms with Gasteiger partial charge in [0.15, 0.2) is 0 Å². The monoisotopic (exact) mass is 474 g/mol. The second-order valence-corrected chi connectivity index (χ2v) is 8.16. The van der Waals surface area contributed by atoms with E-state index in [0.29, 0.717) is 30.4 Å². The number of nitrogens with one attached hydrogen (secondary N) is 6. The number of unbranched alkanes of at least 4 members (excludes halogenated alkanes) is 3. The molecule has 1 unspecified atom stereocenters. The first kappa shape index (κ1) is 26.6. The van der Waals surface area contributed by atoms with Crippen molar-refractivity contribution in [2.24, 2.45) is 5.92 Å². The third-order valence-electron chi connectivity index (χ3n) is 5.16. The van der Waals surface area contributed by atoms with Gasteiger partial charge in [0.2, 0.25) is 11.9 Å². The van der Waals surface area contributed by atoms with E-state index in [4.69, 9.17) is 0 Å². The van der Waals surface area contributed by atoms with E-state index in [1.807, 2.05) is 0 Å². The molecule has 0 bridgehead atoms. The molecule has 0 fully saturated rings. The maximum Gasteiger partial charge on any atom is 0.321 e. The second kappa shape index (κ2) is 13.8. The predicted molar refractivity (Wildman–Crippen MR) is 130 cm³/mol. The summed E-state index contributed by atoms with van der Waals surface area (Å²) in [5, 5.41) is 10.6. The summed E-state index contributed by atoms with van der Waals surface area (Å²) in [4.78, 5) is 59.8. The van der Waals surface area contributed by atoms with Gasteiger partial charge in [0.1, 0.15) is 0 Å². The Hall–Kier alpha value is -3.70. The molecule has 0 aliphatic heterocycles. The lowest BCUT2D eigenvalue weighted by molar-refractivity contribution is 0.248. The van der Waals surface area contributed by atoms with Crippen molar-refractivity contribution in [3.8, 4) is 0 Å². The topological polar surface area (TPSA) is 174 Å². The van der Waals surface area contributed by atoms with Crippen molar-refractivity contribution in [1.29, 1.82) is 0 Å². The molecule has 12 nitrogen and oxygen atoms in total. The summed E-state index contributed by atoms with van der Waals surface area (Å²) >= 11 is 0. The summed E-state index contributed by atoms with van der Waals surface area (Å²) in [7, 11) is 0. The molecule has 1 atom stereocenters. The first-order valence-corrected chi connectivity index (χ1v) is 11.5. The number of aromatic nitrogens is 4. The lowest BCUT2D eigenvalue weighted by Crippen LogP contribution is -2.34. The number of nitrogens with zero attached hydrogens (tertiary/aromatic N) is 2. The SMILES string of the molecule is CCC(CCCCCCNC(=O)Nc1nc(C)cc(=O)[nH]1)CNC(=O)Nc1nc(C)cc(=O)[nH]1. The molecule has 0 radical (unpaired) electrons. The molecular formula is C22H34N8O4. The number of hydrogen-bond acceptors (Lipinski definition) is 6. The van der Waals surface area contributed by atoms with Crippen LogP contribution in [0.25, 0.3) is 0 Å². The van der Waals surface area contributed by atoms with Crippen LogP contribution in [0, 0.1) is 19.8 Å². The van der Waals surface area contributed by atoms with E-state index in [-0.39, 0.29) is 23.0 Å². The maximum absolute atomic E-state index is 12.1. The minimum Gasteiger partial charge on any atom is -0.338 e. The van der Waals surface area contributed by atoms with Crippen molar-refractivity contribution in [1.82, 2.24) is 30.6 Å². The third kappa shape index (κ3) is 10.3. The van der Waals surface area contributed by atoms with Crippen LogP contribution in [0.1, 0.15) is 56.8 Å². The lowest BCUT2D eigenvalue weighted by Gasteiger charge is -2.16. The van der Waals surface area contributed by atoms with Crippen LogP contribution in [0.3, 0.4) is 0 Å². The van der Waals surface area contributed by atoms with Crippen LogP contribution in [-0.4, -0.2) is 45.1 Å². The molecule has 0 aliphatic rings. The Morgan fingerprint density at radius 3 is 1.91 bits per heavy atom. The van der Waals surface area contributed by atoms with Crippen molar-refractivity contribution >= 4 is 24.0 Å². The van der Waals surface area contributed by atoms with Gasteiger partial charge in [-0.15, -0.1) is 0 Å². The quantitative estimate of drug-likeness (QED) is 0.258. The molecule has 2 heterocycles. The largest absolute Gasteiger partial charge is 0.338 e. The van der Waals surface area contributed by atoms with Gasteiger partial charge in [-0.05, 0) is 32.6 Å². The van der Waals surface area contributed by atoms with Crippen LogP contribution in [0.15, 0.2) is 21.7 Å². The molecule has 0 spiro atoms. The number of aryl methyl sites for hydroxylation is 2. The number of anilines is 2. The number of carbonyl (C=O) groups excluding carboxylic acids is 2. The Labute approximate surface area is 197 Å². The van der Waals surface area contributed by atoms with Crippen LogP contribution >= 0.6 is 0 Å². The summed E-state index contributed by atoms with van der Waals surface area (Å²) in [5.41, 5.74) is 0.425. The molecule has 34 heavy (non-hydrogen) atoms. The molecule has 2 aromatic rings. The van der Waals surface area contributed by atoms with E-state index in [1.165, 1.54) is 12.1 Å². The van der Waals surface area contributed by atoms with Crippen LogP contribution in [-0.2, 0) is 0 Å². The zero-order chi connectivity index (χ0) is 24.9. The third-order valence-corrected chi connectivity index (χ3v) is 5.16. The van der Waals surface area contributed by atoms with Crippen LogP contribution in [0.2, 0.25) is 0 Å². The highest BCUT2D eigenvalue weighted by Gasteiger charge is 2.10. The van der Waals surface area contributed by atoms with Crippen LogP contribution < -0.4 is 32.4 Å². The van der Waals surface area contributed by atoms with E-state index in [1.54, 1.807) is 13.8 Å². The standard InChI is InChI=1S/C22H34N8O4/c1-4-16(13-24-22(34)30-20-26-15(3)12-18(32)28-20)9-7-5-6-8-10-23-21(33)29-19-25-14(2)11-17(31)27-19/h11-12,16H,4-10,13H2,1-3H3,(H3,23,25,27,29,31,33)(H3,24,26,28,30,32,34). The molecule has 0 aliphatic carbocycles. The smallest absolute Gasteiger partial charge is 0.321 e. The number of aromatic amines is 2. The molecule has 0 saturated heterocycles. The van der Waals surface area contributed by atoms with E-state index in [0.717, 1.165) is 38.5 Å². The number of rotatable bonds is 12. The second-order valence-electron chi connectivity index (χ2n) is 8.16. The fourth-order valence-electron chi connectivity index (χ4n) is 3.38. The lowest BCUT2D eigenvalue weighted by atomic mass is 9.98. The first-order chi connectivity index (χ1) is 16.2. The Kier molecular flexibility index (Phi) is 10.7. The van der Waals surface area contributed by atoms with E-state index in [2.05, 4.69) is 48.1 Å². The first-order valence-electron chi connectivity index (χ1n) is 11.5. The van der Waals surface area contributed by atoms with Crippen molar-refractivity contribution in [3.05, 3.63) is 44.2 Å². The zero-order valence-electron chi connectivity index (χ0n) is 19.9. The van der Waals surface area contributed by atoms with Crippen molar-refractivity contribution in [2.75, 3.05) is 23.7 Å². The van der Waals surface area contributed by atoms with Gasteiger partial charge in [-0.3, -0.25) is 30.2 Å². The zero-order valence-corrected chi connectivity index (χ0v) is 19.9. The normalized spacial score (nSPS) is 11.5. The molecule has 12 heteroatoms. The summed E-state index contributed by atoms with van der Waals surface area (Å²) in [5.74, 6) is 0.600. The predicted octanol–water partition coefficient (Wildman–Crippen LogP) is 2.39. The number of carbonyl (C=O) groups is 2. The van der Waals surface area contributed by atoms with Crippen LogP contribution in [0.4, 0.5) is 21.5 Å². The highest BCUT2D eigenvalue weighted by atomic mass is 16.2. The average Bonchev–Trinajstić information content (AvgIpc) is 2.73. The van der Waals surface area contributed by atoms with Gasteiger partial charge < -0.3 is 10.6 Å². The summed E-state index contributed by atoms with van der Waals surface area (Å²) in [6.45, 7) is 6.51. The fourth-order valence-corrected chi connectivity index (χ4v) is 3.38. The van der Waals surface area contributed by atoms with Gasteiger partial charge in [-0.1, -0.05) is 32.6 Å². The number of urea groups is 2. The minimum absolute atomic E-state index is 0.124. The number of hydrogen-bond donors (Lipinski definition) is 6. The van der Waals surface area contributed by atoms with Crippen molar-refractivity contribution < 1.29 is 9.59 Å². The minimum atomic E-state index is -0.408. The Morgan fingerprint density at radius 2 is 1.38 bits per heavy atom. The van der Waals surface area contributed by atoms with Gasteiger partial charge >= 0.3 is 12.1 Å². The highest BCUT2D eigenvalue weighted by molar-refractivity contribution is 5.87. The molecule has 4 amide bonds. The van der Waals surface area contributed by atoms with Crippen molar-refractivity contribution in [3.63, 3.8) is 0 Å². The Bertz CT molecular complexity index is 1070. The molecule has 186 valence electrons. The molecule has 0 aromatic carbocycles. The fraction of sp³-hybridized carbons (Fsp3) is 0.545. The molecule has 6 N–H and O–H groups in total. The molecule has 2 aromatic heterocycles. The van der Waals surface area contributed by atoms with Gasteiger partial charge in [0, 0.05) is 36.6 Å². The van der Waals surface area contributed by atoms with Gasteiger partial charge in [-0.25, -0.2) is 19.6 Å². The maximum atomic E-state index is 12.1. The van der Waals surface area contributed by atoms with Crippen LogP contribution in [0.5, 0.6) is 0 Å². The number of amides is 4. The number of H-pyrrole nitrogens is 2. The molecule has 2 rings (SSSR count). The van der Waals surface area contributed by atoms with E-state index in [9.17, 15) is 19.2 Å². The van der Waals surface area contributed by atoms with E-state index < -0.39 is 12.1 Å². The highest BCUT2D eigenvalue weighted by Crippen LogP contribution is 2.13. The summed E-state index contributed by atoms with van der Waals surface area (Å²) in [6.07, 6.45) is 5.77. The molecular weight excluding hydrogens is 440 g/mol. The Balaban J connectivity index is 1.56. The van der Waals surface area contributed by atoms with Gasteiger partial charge in [-0.2, -0.15) is 0 Å². The van der Waals surface area contributed by atoms with Crippen molar-refractivity contribution in [2.45, 2.75) is 59.3 Å². The molecule has 0 saturated carbocycles. The van der Waals surface area contributed by atoms with Gasteiger partial charge in [0.25, 0.3) is 11.1 Å². The average molecular weight is 475 g/mol.